The van der Waals surface area contributed by atoms with Crippen molar-refractivity contribution in [2.75, 3.05) is 20.3 Å². The lowest BCUT2D eigenvalue weighted by molar-refractivity contribution is -0.0394. The van der Waals surface area contributed by atoms with E-state index in [-0.39, 0.29) is 6.61 Å². The summed E-state index contributed by atoms with van der Waals surface area (Å²) in [5, 5.41) is 14.6. The maximum Gasteiger partial charge on any atom is 0.138 e. The number of rotatable bonds is 8. The molecule has 3 N–H and O–H groups in total. The third kappa shape index (κ3) is 4.07. The van der Waals surface area contributed by atoms with Gasteiger partial charge in [0.1, 0.15) is 12.2 Å². The van der Waals surface area contributed by atoms with Crippen LogP contribution in [0.15, 0.2) is 6.33 Å². The Morgan fingerprint density at radius 1 is 1.59 bits per heavy atom. The van der Waals surface area contributed by atoms with Crippen LogP contribution in [-0.2, 0) is 17.7 Å². The van der Waals surface area contributed by atoms with E-state index in [1.54, 1.807) is 11.8 Å². The van der Waals surface area contributed by atoms with E-state index in [1.807, 2.05) is 6.92 Å². The van der Waals surface area contributed by atoms with Crippen molar-refractivity contribution in [2.45, 2.75) is 38.3 Å². The second-order valence-corrected chi connectivity index (χ2v) is 4.22. The summed E-state index contributed by atoms with van der Waals surface area (Å²) >= 11 is 0. The Bertz CT molecular complexity index is 329. The van der Waals surface area contributed by atoms with Gasteiger partial charge in [-0.2, -0.15) is 5.10 Å². The van der Waals surface area contributed by atoms with E-state index in [0.29, 0.717) is 19.4 Å². The maximum atomic E-state index is 10.5. The van der Waals surface area contributed by atoms with E-state index < -0.39 is 5.60 Å². The molecule has 1 heterocycles. The predicted octanol–water partition coefficient (Wildman–Crippen LogP) is -0.0431. The molecule has 6 heteroatoms. The molecule has 0 fully saturated rings. The van der Waals surface area contributed by atoms with Crippen molar-refractivity contribution in [3.05, 3.63) is 12.2 Å². The molecular formula is C11H22N4O2. The summed E-state index contributed by atoms with van der Waals surface area (Å²) < 4.78 is 6.86. The number of nitrogens with two attached hydrogens (primary N) is 1. The first kappa shape index (κ1) is 14.1. The number of ether oxygens (including phenoxy) is 1. The first-order chi connectivity index (χ1) is 8.15. The number of hydrogen-bond donors (Lipinski definition) is 2. The van der Waals surface area contributed by atoms with Crippen molar-refractivity contribution in [1.82, 2.24) is 14.8 Å². The molecule has 1 aromatic heterocycles. The topological polar surface area (TPSA) is 86.2 Å². The highest BCUT2D eigenvalue weighted by atomic mass is 16.5. The summed E-state index contributed by atoms with van der Waals surface area (Å²) in [6, 6.07) is 0. The van der Waals surface area contributed by atoms with E-state index in [4.69, 9.17) is 10.5 Å². The highest BCUT2D eigenvalue weighted by Gasteiger charge is 2.28. The summed E-state index contributed by atoms with van der Waals surface area (Å²) in [5.74, 6) is 0.782. The first-order valence-electron chi connectivity index (χ1n) is 5.93. The Morgan fingerprint density at radius 2 is 2.35 bits per heavy atom. The minimum atomic E-state index is -0.909. The molecule has 0 aromatic carbocycles. The summed E-state index contributed by atoms with van der Waals surface area (Å²) in [4.78, 5) is 4.17. The molecule has 0 spiro atoms. The van der Waals surface area contributed by atoms with E-state index in [0.717, 1.165) is 18.8 Å². The molecule has 1 aromatic rings. The monoisotopic (exact) mass is 242 g/mol. The second-order valence-electron chi connectivity index (χ2n) is 4.22. The van der Waals surface area contributed by atoms with Gasteiger partial charge in [-0.1, -0.05) is 0 Å². The molecule has 0 aliphatic heterocycles. The van der Waals surface area contributed by atoms with Crippen LogP contribution in [0, 0.1) is 0 Å². The lowest BCUT2D eigenvalue weighted by Crippen LogP contribution is -2.38. The van der Waals surface area contributed by atoms with Crippen LogP contribution in [0.2, 0.25) is 0 Å². The molecule has 1 atom stereocenters. The molecule has 17 heavy (non-hydrogen) atoms. The number of aromatic nitrogens is 3. The van der Waals surface area contributed by atoms with Gasteiger partial charge < -0.3 is 15.6 Å². The van der Waals surface area contributed by atoms with Gasteiger partial charge in [0.2, 0.25) is 0 Å². The van der Waals surface area contributed by atoms with Crippen LogP contribution in [0.3, 0.4) is 0 Å². The van der Waals surface area contributed by atoms with Crippen LogP contribution in [0.5, 0.6) is 0 Å². The van der Waals surface area contributed by atoms with Gasteiger partial charge in [-0.25, -0.2) is 4.98 Å². The molecule has 0 saturated carbocycles. The Hall–Kier alpha value is -0.980. The van der Waals surface area contributed by atoms with E-state index >= 15 is 0 Å². The van der Waals surface area contributed by atoms with Gasteiger partial charge in [-0.3, -0.25) is 4.68 Å². The highest BCUT2D eigenvalue weighted by Crippen LogP contribution is 2.18. The molecule has 0 aliphatic rings. The summed E-state index contributed by atoms with van der Waals surface area (Å²) in [6.07, 6.45) is 3.32. The lowest BCUT2D eigenvalue weighted by Gasteiger charge is -2.26. The van der Waals surface area contributed by atoms with Crippen molar-refractivity contribution in [1.29, 1.82) is 0 Å². The Morgan fingerprint density at radius 3 is 2.94 bits per heavy atom. The fourth-order valence-corrected chi connectivity index (χ4v) is 1.89. The van der Waals surface area contributed by atoms with Crippen molar-refractivity contribution in [2.24, 2.45) is 5.73 Å². The third-order valence-corrected chi connectivity index (χ3v) is 2.74. The van der Waals surface area contributed by atoms with Crippen LogP contribution in [-0.4, -0.2) is 45.7 Å². The van der Waals surface area contributed by atoms with Crippen LogP contribution < -0.4 is 5.73 Å². The molecule has 0 bridgehead atoms. The number of hydrogen-bond acceptors (Lipinski definition) is 5. The molecule has 98 valence electrons. The van der Waals surface area contributed by atoms with Gasteiger partial charge in [0.25, 0.3) is 0 Å². The molecule has 0 aliphatic carbocycles. The number of aryl methyl sites for hydroxylation is 1. The van der Waals surface area contributed by atoms with E-state index in [2.05, 4.69) is 10.1 Å². The Kier molecular flexibility index (Phi) is 5.54. The average molecular weight is 242 g/mol. The van der Waals surface area contributed by atoms with Gasteiger partial charge in [0.05, 0.1) is 12.2 Å². The molecule has 1 rings (SSSR count). The minimum Gasteiger partial charge on any atom is -0.387 e. The van der Waals surface area contributed by atoms with Gasteiger partial charge in [-0.05, 0) is 26.3 Å². The minimum absolute atomic E-state index is 0.281. The lowest BCUT2D eigenvalue weighted by atomic mass is 9.94. The molecular weight excluding hydrogens is 220 g/mol. The summed E-state index contributed by atoms with van der Waals surface area (Å²) in [7, 11) is 1.58. The molecule has 0 radical (unpaired) electrons. The van der Waals surface area contributed by atoms with E-state index in [9.17, 15) is 5.11 Å². The normalized spacial score (nSPS) is 14.8. The molecule has 0 saturated heterocycles. The molecule has 1 unspecified atom stereocenters. The summed E-state index contributed by atoms with van der Waals surface area (Å²) in [5.41, 5.74) is 4.57. The third-order valence-electron chi connectivity index (χ3n) is 2.74. The highest BCUT2D eigenvalue weighted by molar-refractivity contribution is 4.94. The number of methoxy groups -OCH3 is 1. The first-order valence-corrected chi connectivity index (χ1v) is 5.93. The second kappa shape index (κ2) is 6.68. The van der Waals surface area contributed by atoms with Crippen molar-refractivity contribution in [3.8, 4) is 0 Å². The zero-order chi connectivity index (χ0) is 12.7. The standard InChI is InChI=1S/C11H22N4O2/c1-3-15-10(13-9-14-15)7-11(16,8-17-2)5-4-6-12/h9,16H,3-8,12H2,1-2H3. The van der Waals surface area contributed by atoms with Gasteiger partial charge in [0, 0.05) is 20.1 Å². The van der Waals surface area contributed by atoms with E-state index in [1.165, 1.54) is 6.33 Å². The van der Waals surface area contributed by atoms with Crippen molar-refractivity contribution < 1.29 is 9.84 Å². The zero-order valence-corrected chi connectivity index (χ0v) is 10.6. The van der Waals surface area contributed by atoms with Gasteiger partial charge in [-0.15, -0.1) is 0 Å². The Balaban J connectivity index is 2.71. The smallest absolute Gasteiger partial charge is 0.138 e. The van der Waals surface area contributed by atoms with Crippen LogP contribution in [0.25, 0.3) is 0 Å². The molecule has 6 nitrogen and oxygen atoms in total. The predicted molar refractivity (Wildman–Crippen MR) is 64.5 cm³/mol. The fraction of sp³-hybridized carbons (Fsp3) is 0.818. The van der Waals surface area contributed by atoms with Crippen LogP contribution in [0.1, 0.15) is 25.6 Å². The quantitative estimate of drug-likeness (QED) is 0.668. The summed E-state index contributed by atoms with van der Waals surface area (Å²) in [6.45, 7) is 3.58. The average Bonchev–Trinajstić information content (AvgIpc) is 2.74. The SMILES string of the molecule is CCn1ncnc1CC(O)(CCCN)COC. The zero-order valence-electron chi connectivity index (χ0n) is 10.6. The van der Waals surface area contributed by atoms with Crippen LogP contribution in [0.4, 0.5) is 0 Å². The Labute approximate surface area is 102 Å². The van der Waals surface area contributed by atoms with Crippen molar-refractivity contribution >= 4 is 0 Å². The largest absolute Gasteiger partial charge is 0.387 e. The fourth-order valence-electron chi connectivity index (χ4n) is 1.89. The number of aliphatic hydroxyl groups is 1. The van der Waals surface area contributed by atoms with Crippen molar-refractivity contribution in [3.63, 3.8) is 0 Å². The van der Waals surface area contributed by atoms with Gasteiger partial charge in [0.15, 0.2) is 0 Å². The van der Waals surface area contributed by atoms with Gasteiger partial charge >= 0.3 is 0 Å². The molecule has 0 amide bonds. The maximum absolute atomic E-state index is 10.5. The van der Waals surface area contributed by atoms with Crippen LogP contribution >= 0.6 is 0 Å². The number of nitrogens with zero attached hydrogens (tertiary/aromatic N) is 3.